The molecule has 0 bridgehead atoms. The number of hydrogen-bond acceptors (Lipinski definition) is 4. The number of nitrogens with one attached hydrogen (secondary N) is 1. The predicted molar refractivity (Wildman–Crippen MR) is 58.9 cm³/mol. The zero-order chi connectivity index (χ0) is 12.8. The third kappa shape index (κ3) is 5.67. The summed E-state index contributed by atoms with van der Waals surface area (Å²) in [5, 5.41) is 11.3. The third-order valence-electron chi connectivity index (χ3n) is 2.03. The number of carbonyl (C=O) groups excluding carboxylic acids is 1. The number of nitrogens with two attached hydrogens (primary N) is 1. The lowest BCUT2D eigenvalue weighted by Crippen LogP contribution is -2.54. The highest BCUT2D eigenvalue weighted by molar-refractivity contribution is 5.89. The van der Waals surface area contributed by atoms with Gasteiger partial charge in [0.25, 0.3) is 0 Å². The third-order valence-corrected chi connectivity index (χ3v) is 2.03. The molecule has 6 heteroatoms. The molecule has 16 heavy (non-hydrogen) atoms. The normalized spacial score (nSPS) is 13.2. The summed E-state index contributed by atoms with van der Waals surface area (Å²) in [5.74, 6) is -1.54. The minimum absolute atomic E-state index is 0.324. The van der Waals surface area contributed by atoms with Gasteiger partial charge in [0.15, 0.2) is 0 Å². The van der Waals surface area contributed by atoms with Crippen molar-refractivity contribution in [1.29, 1.82) is 0 Å². The van der Waals surface area contributed by atoms with Crippen LogP contribution in [0.3, 0.4) is 0 Å². The second kappa shape index (κ2) is 6.44. The van der Waals surface area contributed by atoms with Crippen LogP contribution in [0.2, 0.25) is 0 Å². The van der Waals surface area contributed by atoms with Crippen LogP contribution in [0.5, 0.6) is 0 Å². The molecule has 0 aromatic heterocycles. The molecular weight excluding hydrogens is 212 g/mol. The number of aliphatic carboxylic acids is 1. The molecule has 0 aliphatic carbocycles. The van der Waals surface area contributed by atoms with Crippen LogP contribution in [0.4, 0.5) is 0 Å². The molecule has 94 valence electrons. The first-order valence-corrected chi connectivity index (χ1v) is 5.10. The van der Waals surface area contributed by atoms with Gasteiger partial charge in [-0.05, 0) is 26.7 Å². The van der Waals surface area contributed by atoms with Gasteiger partial charge in [-0.25, -0.2) is 4.79 Å². The minimum Gasteiger partial charge on any atom is -0.480 e. The molecule has 1 atom stereocenters. The number of ether oxygens (including phenoxy) is 1. The zero-order valence-electron chi connectivity index (χ0n) is 9.95. The molecule has 0 aromatic rings. The number of carboxylic acid groups (broad SMARTS) is 1. The molecule has 0 heterocycles. The summed E-state index contributed by atoms with van der Waals surface area (Å²) in [7, 11) is 1.54. The molecule has 0 aliphatic heterocycles. The number of carboxylic acids is 1. The van der Waals surface area contributed by atoms with Crippen molar-refractivity contribution in [2.45, 2.75) is 38.3 Å². The second-order valence-corrected chi connectivity index (χ2v) is 4.22. The highest BCUT2D eigenvalue weighted by Gasteiger charge is 2.27. The SMILES string of the molecule is COCCCC(NC(=O)C(C)(C)N)C(=O)O. The first-order chi connectivity index (χ1) is 7.29. The summed E-state index contributed by atoms with van der Waals surface area (Å²) in [6.45, 7) is 3.51. The molecule has 6 nitrogen and oxygen atoms in total. The van der Waals surface area contributed by atoms with Crippen LogP contribution in [-0.2, 0) is 14.3 Å². The second-order valence-electron chi connectivity index (χ2n) is 4.22. The average molecular weight is 232 g/mol. The summed E-state index contributed by atoms with van der Waals surface area (Å²) in [6.07, 6.45) is 0.893. The van der Waals surface area contributed by atoms with Gasteiger partial charge in [0.05, 0.1) is 5.54 Å². The van der Waals surface area contributed by atoms with Crippen molar-refractivity contribution in [1.82, 2.24) is 5.32 Å². The summed E-state index contributed by atoms with van der Waals surface area (Å²) in [4.78, 5) is 22.3. The molecule has 0 saturated heterocycles. The molecule has 0 spiro atoms. The van der Waals surface area contributed by atoms with Crippen molar-refractivity contribution in [3.8, 4) is 0 Å². The number of rotatable bonds is 7. The Bertz CT molecular complexity index is 248. The van der Waals surface area contributed by atoms with Gasteiger partial charge in [-0.2, -0.15) is 0 Å². The zero-order valence-corrected chi connectivity index (χ0v) is 9.95. The number of hydrogen-bond donors (Lipinski definition) is 3. The Kier molecular flexibility index (Phi) is 5.98. The van der Waals surface area contributed by atoms with Crippen LogP contribution in [0.15, 0.2) is 0 Å². The highest BCUT2D eigenvalue weighted by atomic mass is 16.5. The van der Waals surface area contributed by atoms with Crippen LogP contribution in [0.25, 0.3) is 0 Å². The molecule has 4 N–H and O–H groups in total. The fourth-order valence-corrected chi connectivity index (χ4v) is 1.03. The Hall–Kier alpha value is -1.14. The smallest absolute Gasteiger partial charge is 0.326 e. The molecule has 0 saturated carbocycles. The van der Waals surface area contributed by atoms with Crippen LogP contribution in [0, 0.1) is 0 Å². The van der Waals surface area contributed by atoms with E-state index in [9.17, 15) is 9.59 Å². The molecule has 1 unspecified atom stereocenters. The maximum absolute atomic E-state index is 11.5. The summed E-state index contributed by atoms with van der Waals surface area (Å²) in [6, 6.07) is -0.912. The molecular formula is C10H20N2O4. The predicted octanol–water partition coefficient (Wildman–Crippen LogP) is -0.280. The van der Waals surface area contributed by atoms with Crippen molar-refractivity contribution >= 4 is 11.9 Å². The van der Waals surface area contributed by atoms with E-state index in [1.807, 2.05) is 0 Å². The molecule has 1 amide bonds. The fourth-order valence-electron chi connectivity index (χ4n) is 1.03. The molecule has 0 fully saturated rings. The van der Waals surface area contributed by atoms with E-state index >= 15 is 0 Å². The lowest BCUT2D eigenvalue weighted by Gasteiger charge is -2.21. The van der Waals surface area contributed by atoms with Crippen molar-refractivity contribution in [3.63, 3.8) is 0 Å². The van der Waals surface area contributed by atoms with Crippen LogP contribution >= 0.6 is 0 Å². The Balaban J connectivity index is 4.24. The summed E-state index contributed by atoms with van der Waals surface area (Å²) >= 11 is 0. The highest BCUT2D eigenvalue weighted by Crippen LogP contribution is 2.02. The van der Waals surface area contributed by atoms with E-state index in [-0.39, 0.29) is 0 Å². The number of carbonyl (C=O) groups is 2. The van der Waals surface area contributed by atoms with E-state index in [0.29, 0.717) is 19.4 Å². The van der Waals surface area contributed by atoms with Gasteiger partial charge in [0.1, 0.15) is 6.04 Å². The van der Waals surface area contributed by atoms with Crippen LogP contribution < -0.4 is 11.1 Å². The lowest BCUT2D eigenvalue weighted by molar-refractivity contribution is -0.142. The van der Waals surface area contributed by atoms with Crippen LogP contribution in [0.1, 0.15) is 26.7 Å². The molecule has 0 aliphatic rings. The topological polar surface area (TPSA) is 102 Å². The van der Waals surface area contributed by atoms with Gasteiger partial charge in [-0.3, -0.25) is 4.79 Å². The van der Waals surface area contributed by atoms with E-state index in [0.717, 1.165) is 0 Å². The van der Waals surface area contributed by atoms with Crippen molar-refractivity contribution in [2.75, 3.05) is 13.7 Å². The first-order valence-electron chi connectivity index (χ1n) is 5.10. The molecule has 0 rings (SSSR count). The Morgan fingerprint density at radius 3 is 2.44 bits per heavy atom. The van der Waals surface area contributed by atoms with Crippen molar-refractivity contribution in [3.05, 3.63) is 0 Å². The largest absolute Gasteiger partial charge is 0.480 e. The Morgan fingerprint density at radius 2 is 2.06 bits per heavy atom. The van der Waals surface area contributed by atoms with Gasteiger partial charge in [-0.1, -0.05) is 0 Å². The summed E-state index contributed by atoms with van der Waals surface area (Å²) in [5.41, 5.74) is 4.48. The van der Waals surface area contributed by atoms with Crippen molar-refractivity contribution < 1.29 is 19.4 Å². The van der Waals surface area contributed by atoms with Gasteiger partial charge in [0, 0.05) is 13.7 Å². The Morgan fingerprint density at radius 1 is 1.50 bits per heavy atom. The van der Waals surface area contributed by atoms with Gasteiger partial charge < -0.3 is 20.9 Å². The van der Waals surface area contributed by atoms with E-state index < -0.39 is 23.5 Å². The number of methoxy groups -OCH3 is 1. The Labute approximate surface area is 95.1 Å². The standard InChI is InChI=1S/C10H20N2O4/c1-10(2,11)9(15)12-7(8(13)14)5-4-6-16-3/h7H,4-6,11H2,1-3H3,(H,12,15)(H,13,14). The maximum atomic E-state index is 11.5. The van der Waals surface area contributed by atoms with Gasteiger partial charge >= 0.3 is 5.97 Å². The lowest BCUT2D eigenvalue weighted by atomic mass is 10.0. The average Bonchev–Trinajstić information content (AvgIpc) is 2.14. The first kappa shape index (κ1) is 14.9. The van der Waals surface area contributed by atoms with Crippen LogP contribution in [-0.4, -0.2) is 42.3 Å². The minimum atomic E-state index is -1.07. The quantitative estimate of drug-likeness (QED) is 0.524. The van der Waals surface area contributed by atoms with E-state index in [1.54, 1.807) is 0 Å². The van der Waals surface area contributed by atoms with E-state index in [1.165, 1.54) is 21.0 Å². The fraction of sp³-hybridized carbons (Fsp3) is 0.800. The van der Waals surface area contributed by atoms with Crippen molar-refractivity contribution in [2.24, 2.45) is 5.73 Å². The molecule has 0 aromatic carbocycles. The van der Waals surface area contributed by atoms with Gasteiger partial charge in [-0.15, -0.1) is 0 Å². The van der Waals surface area contributed by atoms with E-state index in [2.05, 4.69) is 5.32 Å². The molecule has 0 radical (unpaired) electrons. The summed E-state index contributed by atoms with van der Waals surface area (Å²) < 4.78 is 4.81. The van der Waals surface area contributed by atoms with Gasteiger partial charge in [0.2, 0.25) is 5.91 Å². The monoisotopic (exact) mass is 232 g/mol. The number of amides is 1. The van der Waals surface area contributed by atoms with E-state index in [4.69, 9.17) is 15.6 Å². The maximum Gasteiger partial charge on any atom is 0.326 e.